The molecule has 106 valence electrons. The summed E-state index contributed by atoms with van der Waals surface area (Å²) < 4.78 is 0. The van der Waals surface area contributed by atoms with Crippen LogP contribution >= 0.6 is 0 Å². The first-order valence-corrected chi connectivity index (χ1v) is 7.17. The Kier molecular flexibility index (Phi) is 4.48. The normalized spacial score (nSPS) is 19.5. The molecular weight excluding hydrogens is 236 g/mol. The van der Waals surface area contributed by atoms with Crippen LogP contribution in [0.25, 0.3) is 0 Å². The zero-order chi connectivity index (χ0) is 13.9. The number of para-hydroxylation sites is 1. The minimum Gasteiger partial charge on any atom is -0.391 e. The summed E-state index contributed by atoms with van der Waals surface area (Å²) in [5, 5.41) is 10.2. The van der Waals surface area contributed by atoms with Gasteiger partial charge in [-0.05, 0) is 17.5 Å². The van der Waals surface area contributed by atoms with Crippen molar-refractivity contribution in [3.05, 3.63) is 30.3 Å². The average Bonchev–Trinajstić information content (AvgIpc) is 2.39. The molecule has 0 amide bonds. The number of benzene rings is 1. The van der Waals surface area contributed by atoms with Gasteiger partial charge in [0.25, 0.3) is 0 Å². The SMILES string of the molecule is CC(C)(C)C(O)CN1CCN(c2ccccc2)CC1. The first kappa shape index (κ1) is 14.4. The molecule has 3 heteroatoms. The largest absolute Gasteiger partial charge is 0.391 e. The van der Waals surface area contributed by atoms with Gasteiger partial charge in [0, 0.05) is 38.4 Å². The topological polar surface area (TPSA) is 26.7 Å². The van der Waals surface area contributed by atoms with Crippen LogP contribution in [0.3, 0.4) is 0 Å². The van der Waals surface area contributed by atoms with Crippen molar-refractivity contribution in [3.8, 4) is 0 Å². The summed E-state index contributed by atoms with van der Waals surface area (Å²) >= 11 is 0. The van der Waals surface area contributed by atoms with Crippen LogP contribution in [-0.4, -0.2) is 48.8 Å². The Hall–Kier alpha value is -1.06. The Balaban J connectivity index is 1.83. The van der Waals surface area contributed by atoms with Crippen molar-refractivity contribution < 1.29 is 5.11 Å². The van der Waals surface area contributed by atoms with Crippen LogP contribution < -0.4 is 4.90 Å². The second kappa shape index (κ2) is 5.93. The summed E-state index contributed by atoms with van der Waals surface area (Å²) in [4.78, 5) is 4.79. The number of hydrogen-bond donors (Lipinski definition) is 1. The summed E-state index contributed by atoms with van der Waals surface area (Å²) in [6, 6.07) is 10.6. The van der Waals surface area contributed by atoms with Gasteiger partial charge in [-0.25, -0.2) is 0 Å². The van der Waals surface area contributed by atoms with Crippen molar-refractivity contribution in [2.24, 2.45) is 5.41 Å². The second-order valence-corrected chi connectivity index (χ2v) is 6.51. The van der Waals surface area contributed by atoms with Crippen LogP contribution in [0.15, 0.2) is 30.3 Å². The molecule has 0 radical (unpaired) electrons. The number of anilines is 1. The van der Waals surface area contributed by atoms with E-state index in [0.29, 0.717) is 0 Å². The lowest BCUT2D eigenvalue weighted by molar-refractivity contribution is 0.0270. The molecule has 1 heterocycles. The van der Waals surface area contributed by atoms with Crippen LogP contribution in [0.4, 0.5) is 5.69 Å². The summed E-state index contributed by atoms with van der Waals surface area (Å²) in [5.41, 5.74) is 1.27. The maximum atomic E-state index is 10.2. The number of nitrogens with zero attached hydrogens (tertiary/aromatic N) is 2. The molecule has 0 saturated carbocycles. The fraction of sp³-hybridized carbons (Fsp3) is 0.625. The Morgan fingerprint density at radius 3 is 2.16 bits per heavy atom. The number of rotatable bonds is 3. The molecule has 2 rings (SSSR count). The maximum Gasteiger partial charge on any atom is 0.0715 e. The summed E-state index contributed by atoms with van der Waals surface area (Å²) in [5.74, 6) is 0. The molecule has 1 fully saturated rings. The number of aliphatic hydroxyl groups is 1. The van der Waals surface area contributed by atoms with Gasteiger partial charge in [-0.2, -0.15) is 0 Å². The molecule has 1 atom stereocenters. The van der Waals surface area contributed by atoms with Crippen molar-refractivity contribution in [2.45, 2.75) is 26.9 Å². The quantitative estimate of drug-likeness (QED) is 0.905. The van der Waals surface area contributed by atoms with E-state index in [1.165, 1.54) is 5.69 Å². The van der Waals surface area contributed by atoms with E-state index in [0.717, 1.165) is 32.7 Å². The van der Waals surface area contributed by atoms with Crippen molar-refractivity contribution in [2.75, 3.05) is 37.6 Å². The predicted octanol–water partition coefficient (Wildman–Crippen LogP) is 2.22. The zero-order valence-corrected chi connectivity index (χ0v) is 12.3. The third kappa shape index (κ3) is 3.95. The minimum absolute atomic E-state index is 0.0312. The highest BCUT2D eigenvalue weighted by Crippen LogP contribution is 2.21. The molecule has 1 saturated heterocycles. The average molecular weight is 262 g/mol. The first-order chi connectivity index (χ1) is 8.97. The number of piperazine rings is 1. The summed E-state index contributed by atoms with van der Waals surface area (Å²) in [6.45, 7) is 11.2. The van der Waals surface area contributed by atoms with Crippen LogP contribution in [0, 0.1) is 5.41 Å². The fourth-order valence-electron chi connectivity index (χ4n) is 2.35. The Morgan fingerprint density at radius 1 is 1.05 bits per heavy atom. The van der Waals surface area contributed by atoms with Crippen LogP contribution in [0.5, 0.6) is 0 Å². The molecule has 1 unspecified atom stereocenters. The van der Waals surface area contributed by atoms with E-state index < -0.39 is 0 Å². The highest BCUT2D eigenvalue weighted by molar-refractivity contribution is 5.46. The first-order valence-electron chi connectivity index (χ1n) is 7.17. The van der Waals surface area contributed by atoms with Gasteiger partial charge in [-0.15, -0.1) is 0 Å². The second-order valence-electron chi connectivity index (χ2n) is 6.51. The van der Waals surface area contributed by atoms with Crippen LogP contribution in [-0.2, 0) is 0 Å². The number of hydrogen-bond acceptors (Lipinski definition) is 3. The summed E-state index contributed by atoms with van der Waals surface area (Å²) in [7, 11) is 0. The zero-order valence-electron chi connectivity index (χ0n) is 12.3. The van der Waals surface area contributed by atoms with Gasteiger partial charge < -0.3 is 10.0 Å². The van der Waals surface area contributed by atoms with Gasteiger partial charge in [0.05, 0.1) is 6.10 Å². The van der Waals surface area contributed by atoms with Crippen LogP contribution in [0.1, 0.15) is 20.8 Å². The van der Waals surface area contributed by atoms with Crippen LogP contribution in [0.2, 0.25) is 0 Å². The van der Waals surface area contributed by atoms with Gasteiger partial charge in [0.15, 0.2) is 0 Å². The van der Waals surface area contributed by atoms with Crippen molar-refractivity contribution in [1.82, 2.24) is 4.90 Å². The lowest BCUT2D eigenvalue weighted by atomic mass is 9.89. The Morgan fingerprint density at radius 2 is 1.63 bits per heavy atom. The Bertz CT molecular complexity index is 377. The lowest BCUT2D eigenvalue weighted by Gasteiger charge is -2.38. The van der Waals surface area contributed by atoms with E-state index in [2.05, 4.69) is 60.9 Å². The molecule has 1 aromatic carbocycles. The molecule has 0 aliphatic carbocycles. The monoisotopic (exact) mass is 262 g/mol. The van der Waals surface area contributed by atoms with E-state index in [-0.39, 0.29) is 11.5 Å². The molecular formula is C16H26N2O. The third-order valence-corrected chi connectivity index (χ3v) is 3.92. The van der Waals surface area contributed by atoms with E-state index in [1.54, 1.807) is 0 Å². The molecule has 19 heavy (non-hydrogen) atoms. The van der Waals surface area contributed by atoms with Gasteiger partial charge in [0.2, 0.25) is 0 Å². The van der Waals surface area contributed by atoms with Crippen molar-refractivity contribution in [3.63, 3.8) is 0 Å². The standard InChI is InChI=1S/C16H26N2O/c1-16(2,3)15(19)13-17-9-11-18(12-10-17)14-7-5-4-6-8-14/h4-8,15,19H,9-13H2,1-3H3. The fourth-order valence-corrected chi connectivity index (χ4v) is 2.35. The van der Waals surface area contributed by atoms with E-state index in [9.17, 15) is 5.11 Å². The minimum atomic E-state index is -0.254. The Labute approximate surface area is 116 Å². The molecule has 1 N–H and O–H groups in total. The van der Waals surface area contributed by atoms with Gasteiger partial charge in [0.1, 0.15) is 0 Å². The molecule has 0 aromatic heterocycles. The molecule has 3 nitrogen and oxygen atoms in total. The lowest BCUT2D eigenvalue weighted by Crippen LogP contribution is -2.50. The molecule has 0 bridgehead atoms. The molecule has 1 aliphatic rings. The smallest absolute Gasteiger partial charge is 0.0715 e. The predicted molar refractivity (Wildman–Crippen MR) is 80.6 cm³/mol. The number of β-amino-alcohol motifs (C(OH)–C–C–N with tert-alkyl or cyclic N) is 1. The number of aliphatic hydroxyl groups excluding tert-OH is 1. The van der Waals surface area contributed by atoms with Gasteiger partial charge >= 0.3 is 0 Å². The maximum absolute atomic E-state index is 10.2. The van der Waals surface area contributed by atoms with Crippen molar-refractivity contribution >= 4 is 5.69 Å². The molecule has 1 aliphatic heterocycles. The van der Waals surface area contributed by atoms with Crippen molar-refractivity contribution in [1.29, 1.82) is 0 Å². The molecule has 0 spiro atoms. The summed E-state index contributed by atoms with van der Waals surface area (Å²) in [6.07, 6.45) is -0.254. The molecule has 1 aromatic rings. The third-order valence-electron chi connectivity index (χ3n) is 3.92. The van der Waals surface area contributed by atoms with E-state index in [1.807, 2.05) is 0 Å². The van der Waals surface area contributed by atoms with E-state index in [4.69, 9.17) is 0 Å². The van der Waals surface area contributed by atoms with E-state index >= 15 is 0 Å². The van der Waals surface area contributed by atoms with Gasteiger partial charge in [-0.1, -0.05) is 39.0 Å². The highest BCUT2D eigenvalue weighted by Gasteiger charge is 2.26. The highest BCUT2D eigenvalue weighted by atomic mass is 16.3. The van der Waals surface area contributed by atoms with Gasteiger partial charge in [-0.3, -0.25) is 4.90 Å².